The molecule has 0 saturated heterocycles. The van der Waals surface area contributed by atoms with E-state index in [1.165, 1.54) is 0 Å². The largest absolute Gasteiger partial charge is 0.393 e. The van der Waals surface area contributed by atoms with Crippen LogP contribution in [0.1, 0.15) is 32.6 Å². The quantitative estimate of drug-likeness (QED) is 0.687. The van der Waals surface area contributed by atoms with Crippen LogP contribution in [0, 0.1) is 11.8 Å². The van der Waals surface area contributed by atoms with Gasteiger partial charge in [-0.15, -0.1) is 12.4 Å². The fourth-order valence-electron chi connectivity index (χ4n) is 1.94. The first-order chi connectivity index (χ1) is 7.15. The molecule has 0 aromatic carbocycles. The number of rotatable bonds is 4. The Morgan fingerprint density at radius 1 is 1.50 bits per heavy atom. The van der Waals surface area contributed by atoms with E-state index < -0.39 is 0 Å². The van der Waals surface area contributed by atoms with Gasteiger partial charge >= 0.3 is 0 Å². The number of nitrogens with one attached hydrogen (secondary N) is 1. The molecule has 3 unspecified atom stereocenters. The van der Waals surface area contributed by atoms with Crippen LogP contribution >= 0.6 is 12.4 Å². The molecule has 1 aliphatic rings. The average Bonchev–Trinajstić information content (AvgIpc) is 2.26. The Kier molecular flexibility index (Phi) is 7.72. The number of aliphatic hydroxyl groups excluding tert-OH is 1. The third-order valence-corrected chi connectivity index (χ3v) is 3.21. The summed E-state index contributed by atoms with van der Waals surface area (Å²) in [5, 5.41) is 12.6. The van der Waals surface area contributed by atoms with Gasteiger partial charge < -0.3 is 16.2 Å². The van der Waals surface area contributed by atoms with Crippen molar-refractivity contribution in [1.82, 2.24) is 5.32 Å². The normalized spacial score (nSPS) is 26.7. The minimum atomic E-state index is -0.243. The molecule has 0 bridgehead atoms. The molecule has 96 valence electrons. The van der Waals surface area contributed by atoms with Gasteiger partial charge in [-0.2, -0.15) is 0 Å². The lowest BCUT2D eigenvalue weighted by atomic mass is 9.86. The maximum atomic E-state index is 11.5. The number of nitrogens with two attached hydrogens (primary N) is 1. The fourth-order valence-corrected chi connectivity index (χ4v) is 1.94. The second-order valence-electron chi connectivity index (χ2n) is 4.49. The fraction of sp³-hybridized carbons (Fsp3) is 0.909. The molecule has 0 heterocycles. The molecule has 16 heavy (non-hydrogen) atoms. The van der Waals surface area contributed by atoms with Crippen molar-refractivity contribution in [1.29, 1.82) is 0 Å². The molecule has 1 saturated carbocycles. The summed E-state index contributed by atoms with van der Waals surface area (Å²) in [6, 6.07) is 0. The van der Waals surface area contributed by atoms with E-state index >= 15 is 0 Å². The Morgan fingerprint density at radius 3 is 2.69 bits per heavy atom. The van der Waals surface area contributed by atoms with Gasteiger partial charge in [0.05, 0.1) is 6.10 Å². The van der Waals surface area contributed by atoms with Gasteiger partial charge in [0.1, 0.15) is 0 Å². The average molecular weight is 251 g/mol. The van der Waals surface area contributed by atoms with Gasteiger partial charge in [0, 0.05) is 24.9 Å². The SMILES string of the molecule is CC(CN)C(=O)NCC1CCCCC1O.Cl. The minimum Gasteiger partial charge on any atom is -0.393 e. The number of hydrogen-bond acceptors (Lipinski definition) is 3. The molecule has 3 atom stereocenters. The van der Waals surface area contributed by atoms with Crippen LogP contribution in [-0.2, 0) is 4.79 Å². The Morgan fingerprint density at radius 2 is 2.12 bits per heavy atom. The second kappa shape index (κ2) is 7.87. The van der Waals surface area contributed by atoms with Gasteiger partial charge in [-0.05, 0) is 12.8 Å². The lowest BCUT2D eigenvalue weighted by Gasteiger charge is -2.28. The molecule has 1 amide bonds. The molecule has 1 aliphatic carbocycles. The van der Waals surface area contributed by atoms with E-state index in [9.17, 15) is 9.90 Å². The van der Waals surface area contributed by atoms with Crippen LogP contribution in [-0.4, -0.2) is 30.2 Å². The van der Waals surface area contributed by atoms with Crippen LogP contribution < -0.4 is 11.1 Å². The van der Waals surface area contributed by atoms with Crippen molar-refractivity contribution in [2.75, 3.05) is 13.1 Å². The van der Waals surface area contributed by atoms with Gasteiger partial charge in [-0.3, -0.25) is 4.79 Å². The Hall–Kier alpha value is -0.320. The standard InChI is InChI=1S/C11H22N2O2.ClH/c1-8(6-12)11(15)13-7-9-4-2-3-5-10(9)14;/h8-10,14H,2-7,12H2,1H3,(H,13,15);1H. The molecule has 0 aromatic rings. The van der Waals surface area contributed by atoms with Crippen molar-refractivity contribution in [3.05, 3.63) is 0 Å². The summed E-state index contributed by atoms with van der Waals surface area (Å²) in [6.07, 6.45) is 3.90. The lowest BCUT2D eigenvalue weighted by Crippen LogP contribution is -2.40. The number of halogens is 1. The van der Waals surface area contributed by atoms with Crippen LogP contribution in [0.3, 0.4) is 0 Å². The lowest BCUT2D eigenvalue weighted by molar-refractivity contribution is -0.124. The first-order valence-electron chi connectivity index (χ1n) is 5.81. The predicted octanol–water partition coefficient (Wildman–Crippen LogP) is 0.670. The predicted molar refractivity (Wildman–Crippen MR) is 66.4 cm³/mol. The molecule has 1 rings (SSSR count). The summed E-state index contributed by atoms with van der Waals surface area (Å²) in [5.41, 5.74) is 5.40. The first-order valence-corrected chi connectivity index (χ1v) is 5.81. The maximum Gasteiger partial charge on any atom is 0.224 e. The van der Waals surface area contributed by atoms with Crippen molar-refractivity contribution < 1.29 is 9.90 Å². The zero-order valence-electron chi connectivity index (χ0n) is 9.82. The van der Waals surface area contributed by atoms with Gasteiger partial charge in [-0.1, -0.05) is 19.8 Å². The minimum absolute atomic E-state index is 0. The smallest absolute Gasteiger partial charge is 0.224 e. The highest BCUT2D eigenvalue weighted by Gasteiger charge is 2.23. The summed E-state index contributed by atoms with van der Waals surface area (Å²) in [6.45, 7) is 2.77. The molecule has 4 nitrogen and oxygen atoms in total. The Balaban J connectivity index is 0.00000225. The summed E-state index contributed by atoms with van der Waals surface area (Å²) < 4.78 is 0. The Labute approximate surface area is 103 Å². The first kappa shape index (κ1) is 15.7. The van der Waals surface area contributed by atoms with E-state index in [4.69, 9.17) is 5.73 Å². The molecule has 0 spiro atoms. The van der Waals surface area contributed by atoms with Crippen LogP contribution in [0.15, 0.2) is 0 Å². The van der Waals surface area contributed by atoms with E-state index in [-0.39, 0.29) is 36.3 Å². The maximum absolute atomic E-state index is 11.5. The molecule has 0 aliphatic heterocycles. The third kappa shape index (κ3) is 4.68. The van der Waals surface area contributed by atoms with Crippen LogP contribution in [0.2, 0.25) is 0 Å². The number of amides is 1. The zero-order valence-corrected chi connectivity index (χ0v) is 10.6. The van der Waals surface area contributed by atoms with Crippen molar-refractivity contribution in [2.45, 2.75) is 38.7 Å². The van der Waals surface area contributed by atoms with Crippen molar-refractivity contribution in [3.8, 4) is 0 Å². The number of hydrogen-bond donors (Lipinski definition) is 3. The van der Waals surface area contributed by atoms with Crippen molar-refractivity contribution in [2.24, 2.45) is 17.6 Å². The molecule has 5 heteroatoms. The monoisotopic (exact) mass is 250 g/mol. The van der Waals surface area contributed by atoms with Crippen molar-refractivity contribution in [3.63, 3.8) is 0 Å². The third-order valence-electron chi connectivity index (χ3n) is 3.21. The molecule has 0 aromatic heterocycles. The zero-order chi connectivity index (χ0) is 11.3. The van der Waals surface area contributed by atoms with Gasteiger partial charge in [0.2, 0.25) is 5.91 Å². The van der Waals surface area contributed by atoms with Gasteiger partial charge in [-0.25, -0.2) is 0 Å². The highest BCUT2D eigenvalue weighted by molar-refractivity contribution is 5.85. The molecular weight excluding hydrogens is 228 g/mol. The van der Waals surface area contributed by atoms with Crippen LogP contribution in [0.25, 0.3) is 0 Å². The highest BCUT2D eigenvalue weighted by atomic mass is 35.5. The molecule has 4 N–H and O–H groups in total. The van der Waals surface area contributed by atoms with E-state index in [0.29, 0.717) is 13.1 Å². The topological polar surface area (TPSA) is 75.4 Å². The van der Waals surface area contributed by atoms with Crippen molar-refractivity contribution >= 4 is 18.3 Å². The highest BCUT2D eigenvalue weighted by Crippen LogP contribution is 2.23. The summed E-state index contributed by atoms with van der Waals surface area (Å²) in [7, 11) is 0. The second-order valence-corrected chi connectivity index (χ2v) is 4.49. The van der Waals surface area contributed by atoms with E-state index in [0.717, 1.165) is 25.7 Å². The summed E-state index contributed by atoms with van der Waals surface area (Å²) >= 11 is 0. The molecule has 1 fully saturated rings. The molecule has 0 radical (unpaired) electrons. The number of carbonyl (C=O) groups is 1. The van der Waals surface area contributed by atoms with Crippen LogP contribution in [0.4, 0.5) is 0 Å². The number of aliphatic hydroxyl groups is 1. The van der Waals surface area contributed by atoms with E-state index in [1.54, 1.807) is 0 Å². The van der Waals surface area contributed by atoms with E-state index in [1.807, 2.05) is 6.92 Å². The van der Waals surface area contributed by atoms with Gasteiger partial charge in [0.25, 0.3) is 0 Å². The Bertz CT molecular complexity index is 214. The van der Waals surface area contributed by atoms with Crippen LogP contribution in [0.5, 0.6) is 0 Å². The number of carbonyl (C=O) groups excluding carboxylic acids is 1. The molecular formula is C11H23ClN2O2. The summed E-state index contributed by atoms with van der Waals surface area (Å²) in [4.78, 5) is 11.5. The summed E-state index contributed by atoms with van der Waals surface area (Å²) in [5.74, 6) is 0.0914. The van der Waals surface area contributed by atoms with Gasteiger partial charge in [0.15, 0.2) is 0 Å². The van der Waals surface area contributed by atoms with E-state index in [2.05, 4.69) is 5.32 Å².